The molecule has 22 heavy (non-hydrogen) atoms. The number of furan rings is 1. The minimum absolute atomic E-state index is 0.757. The number of fused-ring (bicyclic) bond motifs is 1. The fourth-order valence-electron chi connectivity index (χ4n) is 2.20. The van der Waals surface area contributed by atoms with E-state index in [9.17, 15) is 0 Å². The van der Waals surface area contributed by atoms with Crippen LogP contribution in [0, 0.1) is 6.92 Å². The van der Waals surface area contributed by atoms with E-state index in [0.717, 1.165) is 27.1 Å². The number of aryl methyl sites for hydroxylation is 1. The number of aromatic nitrogens is 4. The van der Waals surface area contributed by atoms with Crippen LogP contribution in [-0.2, 0) is 0 Å². The van der Waals surface area contributed by atoms with Crippen LogP contribution in [0.5, 0.6) is 0 Å². The largest absolute Gasteiger partial charge is 0.465 e. The number of rotatable bonds is 3. The van der Waals surface area contributed by atoms with Gasteiger partial charge < -0.3 is 4.42 Å². The summed E-state index contributed by atoms with van der Waals surface area (Å²) in [6.07, 6.45) is 5.45. The van der Waals surface area contributed by atoms with Gasteiger partial charge in [0.25, 0.3) is 0 Å². The molecule has 0 aliphatic heterocycles. The molecule has 0 saturated heterocycles. The van der Waals surface area contributed by atoms with E-state index in [1.807, 2.05) is 36.4 Å². The topological polar surface area (TPSA) is 56.2 Å². The Balaban J connectivity index is 1.73. The maximum atomic E-state index is 5.27. The Morgan fingerprint density at radius 3 is 2.91 bits per heavy atom. The highest BCUT2D eigenvalue weighted by Gasteiger charge is 2.12. The summed E-state index contributed by atoms with van der Waals surface area (Å²) in [5.74, 6) is 1.55. The lowest BCUT2D eigenvalue weighted by atomic mass is 10.1. The van der Waals surface area contributed by atoms with Gasteiger partial charge >= 0.3 is 0 Å². The molecule has 0 bridgehead atoms. The summed E-state index contributed by atoms with van der Waals surface area (Å²) >= 11 is 1.49. The summed E-state index contributed by atoms with van der Waals surface area (Å²) in [6, 6.07) is 11.9. The van der Waals surface area contributed by atoms with Crippen LogP contribution in [0.1, 0.15) is 16.3 Å². The summed E-state index contributed by atoms with van der Waals surface area (Å²) in [7, 11) is 0. The Kier molecular flexibility index (Phi) is 3.08. The van der Waals surface area contributed by atoms with Crippen molar-refractivity contribution < 1.29 is 4.42 Å². The maximum absolute atomic E-state index is 5.27. The second-order valence-electron chi connectivity index (χ2n) is 4.88. The van der Waals surface area contributed by atoms with Gasteiger partial charge in [-0.25, -0.2) is 0 Å². The molecule has 0 N–H and O–H groups in total. The van der Waals surface area contributed by atoms with Crippen LogP contribution in [-0.4, -0.2) is 19.8 Å². The zero-order valence-electron chi connectivity index (χ0n) is 11.8. The zero-order chi connectivity index (χ0) is 14.9. The van der Waals surface area contributed by atoms with Gasteiger partial charge in [-0.1, -0.05) is 35.1 Å². The lowest BCUT2D eigenvalue weighted by Gasteiger charge is -1.98. The van der Waals surface area contributed by atoms with Crippen molar-refractivity contribution in [1.82, 2.24) is 19.8 Å². The van der Waals surface area contributed by atoms with E-state index in [1.165, 1.54) is 16.9 Å². The van der Waals surface area contributed by atoms with Crippen molar-refractivity contribution >= 4 is 28.4 Å². The highest BCUT2D eigenvalue weighted by Crippen LogP contribution is 2.23. The Morgan fingerprint density at radius 1 is 1.14 bits per heavy atom. The van der Waals surface area contributed by atoms with Crippen LogP contribution in [0.15, 0.2) is 47.1 Å². The summed E-state index contributed by atoms with van der Waals surface area (Å²) in [4.78, 5) is 0.774. The summed E-state index contributed by atoms with van der Waals surface area (Å²) in [5.41, 5.74) is 2.20. The molecular formula is C16H12N4OS. The Labute approximate surface area is 130 Å². The van der Waals surface area contributed by atoms with Crippen LogP contribution in [0.2, 0.25) is 0 Å². The first-order valence-electron chi connectivity index (χ1n) is 6.80. The second-order valence-corrected chi connectivity index (χ2v) is 5.86. The van der Waals surface area contributed by atoms with E-state index in [1.54, 1.807) is 10.8 Å². The molecule has 1 aromatic carbocycles. The molecule has 4 aromatic rings. The van der Waals surface area contributed by atoms with Gasteiger partial charge in [-0.2, -0.15) is 9.61 Å². The molecule has 0 aliphatic rings. The maximum Gasteiger partial charge on any atom is 0.235 e. The standard InChI is InChI=1S/C16H12N4OS/c1-11-4-2-5-12(10-11)15-17-18-16-20(15)19-14(22-16)8-7-13-6-3-9-21-13/h2-10H,1H3/b8-7-. The summed E-state index contributed by atoms with van der Waals surface area (Å²) < 4.78 is 7.05. The van der Waals surface area contributed by atoms with E-state index in [-0.39, 0.29) is 0 Å². The van der Waals surface area contributed by atoms with Crippen molar-refractivity contribution in [3.05, 3.63) is 59.0 Å². The first kappa shape index (κ1) is 13.0. The third-order valence-electron chi connectivity index (χ3n) is 3.22. The van der Waals surface area contributed by atoms with Gasteiger partial charge in [0, 0.05) is 5.56 Å². The van der Waals surface area contributed by atoms with Gasteiger partial charge in [0.05, 0.1) is 6.26 Å². The Hall–Kier alpha value is -2.73. The molecule has 0 unspecified atom stereocenters. The van der Waals surface area contributed by atoms with Crippen molar-refractivity contribution in [3.63, 3.8) is 0 Å². The second kappa shape index (κ2) is 5.23. The fourth-order valence-corrected chi connectivity index (χ4v) is 2.94. The predicted molar refractivity (Wildman–Crippen MR) is 86.5 cm³/mol. The number of benzene rings is 1. The van der Waals surface area contributed by atoms with Crippen molar-refractivity contribution in [3.8, 4) is 11.4 Å². The lowest BCUT2D eigenvalue weighted by molar-refractivity contribution is 0.557. The van der Waals surface area contributed by atoms with Crippen molar-refractivity contribution in [2.45, 2.75) is 6.92 Å². The monoisotopic (exact) mass is 308 g/mol. The third kappa shape index (κ3) is 2.33. The van der Waals surface area contributed by atoms with Crippen LogP contribution in [0.4, 0.5) is 0 Å². The van der Waals surface area contributed by atoms with E-state index in [4.69, 9.17) is 4.42 Å². The molecule has 3 heterocycles. The SMILES string of the molecule is Cc1cccc(-c2nnc3sc(/C=C\c4ccco4)nn23)c1. The highest BCUT2D eigenvalue weighted by atomic mass is 32.1. The molecule has 0 spiro atoms. The molecule has 108 valence electrons. The summed E-state index contributed by atoms with van der Waals surface area (Å²) in [5, 5.41) is 13.9. The zero-order valence-corrected chi connectivity index (χ0v) is 12.6. The number of nitrogens with zero attached hydrogens (tertiary/aromatic N) is 4. The van der Waals surface area contributed by atoms with Crippen molar-refractivity contribution in [2.75, 3.05) is 0 Å². The van der Waals surface area contributed by atoms with Crippen LogP contribution >= 0.6 is 11.3 Å². The van der Waals surface area contributed by atoms with Crippen molar-refractivity contribution in [2.24, 2.45) is 0 Å². The molecule has 3 aromatic heterocycles. The molecule has 4 rings (SSSR count). The van der Waals surface area contributed by atoms with Crippen LogP contribution in [0.25, 0.3) is 28.5 Å². The average Bonchev–Trinajstić information content (AvgIpc) is 3.22. The van der Waals surface area contributed by atoms with E-state index in [0.29, 0.717) is 0 Å². The first-order valence-corrected chi connectivity index (χ1v) is 7.62. The molecule has 5 nitrogen and oxygen atoms in total. The third-order valence-corrected chi connectivity index (χ3v) is 4.08. The van der Waals surface area contributed by atoms with Gasteiger partial charge in [0.15, 0.2) is 5.82 Å². The van der Waals surface area contributed by atoms with Gasteiger partial charge in [-0.3, -0.25) is 0 Å². The minimum atomic E-state index is 0.757. The molecule has 0 saturated carbocycles. The Bertz CT molecular complexity index is 950. The number of hydrogen-bond donors (Lipinski definition) is 0. The Morgan fingerprint density at radius 2 is 2.09 bits per heavy atom. The molecule has 6 heteroatoms. The minimum Gasteiger partial charge on any atom is -0.465 e. The molecule has 0 radical (unpaired) electrons. The normalized spacial score (nSPS) is 11.7. The smallest absolute Gasteiger partial charge is 0.235 e. The van der Waals surface area contributed by atoms with Crippen LogP contribution < -0.4 is 0 Å². The molecule has 0 amide bonds. The van der Waals surface area contributed by atoms with Gasteiger partial charge in [-0.05, 0) is 37.3 Å². The average molecular weight is 308 g/mol. The van der Waals surface area contributed by atoms with Crippen LogP contribution in [0.3, 0.4) is 0 Å². The fraction of sp³-hybridized carbons (Fsp3) is 0.0625. The van der Waals surface area contributed by atoms with E-state index in [2.05, 4.69) is 34.4 Å². The van der Waals surface area contributed by atoms with E-state index >= 15 is 0 Å². The highest BCUT2D eigenvalue weighted by molar-refractivity contribution is 7.17. The molecule has 0 atom stereocenters. The summed E-state index contributed by atoms with van der Waals surface area (Å²) in [6.45, 7) is 2.06. The quantitative estimate of drug-likeness (QED) is 0.575. The molecule has 0 fully saturated rings. The van der Waals surface area contributed by atoms with Crippen molar-refractivity contribution in [1.29, 1.82) is 0 Å². The van der Waals surface area contributed by atoms with Gasteiger partial charge in [0.2, 0.25) is 4.96 Å². The number of hydrogen-bond acceptors (Lipinski definition) is 5. The van der Waals surface area contributed by atoms with Gasteiger partial charge in [0.1, 0.15) is 10.8 Å². The van der Waals surface area contributed by atoms with E-state index < -0.39 is 0 Å². The predicted octanol–water partition coefficient (Wildman–Crippen LogP) is 3.92. The molecule has 0 aliphatic carbocycles. The lowest BCUT2D eigenvalue weighted by Crippen LogP contribution is -1.91. The van der Waals surface area contributed by atoms with Gasteiger partial charge in [-0.15, -0.1) is 10.2 Å². The first-order chi connectivity index (χ1) is 10.8. The molecular weight excluding hydrogens is 296 g/mol.